The van der Waals surface area contributed by atoms with Gasteiger partial charge in [-0.25, -0.2) is 4.39 Å². The van der Waals surface area contributed by atoms with E-state index in [0.717, 1.165) is 36.5 Å². The van der Waals surface area contributed by atoms with Crippen LogP contribution in [-0.4, -0.2) is 0 Å². The van der Waals surface area contributed by atoms with Crippen LogP contribution in [0, 0.1) is 5.82 Å². The molecule has 0 heterocycles. The summed E-state index contributed by atoms with van der Waals surface area (Å²) in [6.07, 6.45) is 8.01. The Bertz CT molecular complexity index is 750. The number of benzene rings is 2. The van der Waals surface area contributed by atoms with Crippen molar-refractivity contribution in [1.29, 1.82) is 0 Å². The van der Waals surface area contributed by atoms with E-state index in [-0.39, 0.29) is 5.82 Å². The normalized spacial score (nSPS) is 14.8. The number of allylic oxidation sites excluding steroid dienone is 4. The lowest BCUT2D eigenvalue weighted by Gasteiger charge is -2.12. The van der Waals surface area contributed by atoms with Crippen molar-refractivity contribution in [3.63, 3.8) is 0 Å². The third-order valence-corrected chi connectivity index (χ3v) is 4.46. The van der Waals surface area contributed by atoms with Gasteiger partial charge < -0.3 is 0 Å². The van der Waals surface area contributed by atoms with E-state index in [1.165, 1.54) is 28.7 Å². The maximum Gasteiger partial charge on any atom is 0.131 e. The molecule has 0 spiro atoms. The second-order valence-corrected chi connectivity index (χ2v) is 6.12. The molecular formula is C21H23F. The maximum atomic E-state index is 14.1. The summed E-state index contributed by atoms with van der Waals surface area (Å²) in [5, 5.41) is 1.77. The zero-order chi connectivity index (χ0) is 15.5. The predicted octanol–water partition coefficient (Wildman–Crippen LogP) is 6.66. The number of rotatable bonds is 5. The van der Waals surface area contributed by atoms with Gasteiger partial charge in [0.2, 0.25) is 0 Å². The minimum atomic E-state index is -0.128. The highest BCUT2D eigenvalue weighted by Crippen LogP contribution is 2.40. The molecule has 0 fully saturated rings. The second kappa shape index (κ2) is 6.48. The first-order valence-corrected chi connectivity index (χ1v) is 8.33. The van der Waals surface area contributed by atoms with E-state index in [1.54, 1.807) is 6.07 Å². The highest BCUT2D eigenvalue weighted by atomic mass is 19.1. The van der Waals surface area contributed by atoms with Gasteiger partial charge in [-0.15, -0.1) is 0 Å². The van der Waals surface area contributed by atoms with Crippen LogP contribution >= 0.6 is 0 Å². The fourth-order valence-corrected chi connectivity index (χ4v) is 3.49. The van der Waals surface area contributed by atoms with E-state index in [9.17, 15) is 4.39 Å². The first-order valence-electron chi connectivity index (χ1n) is 8.33. The summed E-state index contributed by atoms with van der Waals surface area (Å²) in [5.74, 6) is -0.128. The van der Waals surface area contributed by atoms with Gasteiger partial charge in [0.05, 0.1) is 0 Å². The molecule has 0 atom stereocenters. The smallest absolute Gasteiger partial charge is 0.131 e. The molecule has 2 aromatic carbocycles. The van der Waals surface area contributed by atoms with Gasteiger partial charge >= 0.3 is 0 Å². The molecule has 0 aliphatic heterocycles. The van der Waals surface area contributed by atoms with Crippen LogP contribution in [0.25, 0.3) is 16.3 Å². The molecule has 3 rings (SSSR count). The second-order valence-electron chi connectivity index (χ2n) is 6.12. The monoisotopic (exact) mass is 294 g/mol. The van der Waals surface area contributed by atoms with Crippen molar-refractivity contribution in [1.82, 2.24) is 0 Å². The van der Waals surface area contributed by atoms with Gasteiger partial charge in [-0.05, 0) is 47.4 Å². The summed E-state index contributed by atoms with van der Waals surface area (Å²) in [5.41, 5.74) is 5.58. The summed E-state index contributed by atoms with van der Waals surface area (Å²) in [7, 11) is 0. The Kier molecular flexibility index (Phi) is 4.42. The molecule has 1 aliphatic rings. The van der Waals surface area contributed by atoms with Crippen LogP contribution in [0.3, 0.4) is 0 Å². The summed E-state index contributed by atoms with van der Waals surface area (Å²) in [6.45, 7) is 4.45. The third kappa shape index (κ3) is 2.72. The first kappa shape index (κ1) is 15.0. The van der Waals surface area contributed by atoms with E-state index in [2.05, 4.69) is 19.9 Å². The summed E-state index contributed by atoms with van der Waals surface area (Å²) in [4.78, 5) is 0. The molecule has 0 N–H and O–H groups in total. The van der Waals surface area contributed by atoms with E-state index in [4.69, 9.17) is 0 Å². The molecule has 1 heteroatoms. The van der Waals surface area contributed by atoms with Gasteiger partial charge in [-0.1, -0.05) is 68.7 Å². The van der Waals surface area contributed by atoms with Crippen LogP contribution in [-0.2, 0) is 0 Å². The largest absolute Gasteiger partial charge is 0.206 e. The molecule has 0 aromatic heterocycles. The standard InChI is InChI=1S/C21H23F/c1-3-7-15-13-16(8-4-2)20(14-15)18-11-12-21(22)19-10-6-5-9-17(18)19/h5-6,9-13H,3-4,7-8,14H2,1-2H3. The van der Waals surface area contributed by atoms with Crippen LogP contribution in [0.5, 0.6) is 0 Å². The summed E-state index contributed by atoms with van der Waals surface area (Å²) < 4.78 is 14.1. The topological polar surface area (TPSA) is 0 Å². The third-order valence-electron chi connectivity index (χ3n) is 4.46. The fraction of sp³-hybridized carbons (Fsp3) is 0.333. The van der Waals surface area contributed by atoms with Crippen LogP contribution in [0.15, 0.2) is 53.6 Å². The average Bonchev–Trinajstić information content (AvgIpc) is 2.91. The highest BCUT2D eigenvalue weighted by Gasteiger charge is 2.19. The molecule has 114 valence electrons. The van der Waals surface area contributed by atoms with E-state index >= 15 is 0 Å². The molecule has 0 radical (unpaired) electrons. The Hall–Kier alpha value is -1.89. The van der Waals surface area contributed by atoms with Gasteiger partial charge in [-0.3, -0.25) is 0 Å². The number of hydrogen-bond acceptors (Lipinski definition) is 0. The predicted molar refractivity (Wildman–Crippen MR) is 93.3 cm³/mol. The van der Waals surface area contributed by atoms with Gasteiger partial charge in [0.15, 0.2) is 0 Å². The number of halogens is 1. The van der Waals surface area contributed by atoms with Gasteiger partial charge in [0, 0.05) is 5.39 Å². The van der Waals surface area contributed by atoms with Crippen molar-refractivity contribution < 1.29 is 4.39 Å². The van der Waals surface area contributed by atoms with Crippen LogP contribution < -0.4 is 0 Å². The highest BCUT2D eigenvalue weighted by molar-refractivity contribution is 5.96. The Balaban J connectivity index is 2.11. The Labute approximate surface area is 132 Å². The lowest BCUT2D eigenvalue weighted by molar-refractivity contribution is 0.640. The van der Waals surface area contributed by atoms with Crippen molar-refractivity contribution in [3.8, 4) is 0 Å². The van der Waals surface area contributed by atoms with Gasteiger partial charge in [0.1, 0.15) is 5.82 Å². The van der Waals surface area contributed by atoms with Crippen molar-refractivity contribution in [2.24, 2.45) is 0 Å². The van der Waals surface area contributed by atoms with E-state index in [1.807, 2.05) is 30.3 Å². The van der Waals surface area contributed by atoms with Crippen LogP contribution in [0.1, 0.15) is 51.5 Å². The fourth-order valence-electron chi connectivity index (χ4n) is 3.49. The van der Waals surface area contributed by atoms with Crippen molar-refractivity contribution in [3.05, 3.63) is 65.0 Å². The number of fused-ring (bicyclic) bond motifs is 1. The molecule has 0 nitrogen and oxygen atoms in total. The zero-order valence-electron chi connectivity index (χ0n) is 13.5. The zero-order valence-corrected chi connectivity index (χ0v) is 13.5. The average molecular weight is 294 g/mol. The van der Waals surface area contributed by atoms with Crippen molar-refractivity contribution >= 4 is 16.3 Å². The lowest BCUT2D eigenvalue weighted by atomic mass is 9.93. The van der Waals surface area contributed by atoms with E-state index in [0.29, 0.717) is 0 Å². The SMILES string of the molecule is CCCC1=CC(CCC)=C(c2ccc(F)c3ccccc23)C1. The Morgan fingerprint density at radius 3 is 2.36 bits per heavy atom. The molecule has 0 bridgehead atoms. The van der Waals surface area contributed by atoms with Gasteiger partial charge in [-0.2, -0.15) is 0 Å². The first-order chi connectivity index (χ1) is 10.7. The Morgan fingerprint density at radius 2 is 1.64 bits per heavy atom. The van der Waals surface area contributed by atoms with Crippen LogP contribution in [0.4, 0.5) is 4.39 Å². The minimum Gasteiger partial charge on any atom is -0.206 e. The molecule has 0 saturated heterocycles. The maximum absolute atomic E-state index is 14.1. The molecule has 1 aliphatic carbocycles. The van der Waals surface area contributed by atoms with Crippen molar-refractivity contribution in [2.75, 3.05) is 0 Å². The van der Waals surface area contributed by atoms with Gasteiger partial charge in [0.25, 0.3) is 0 Å². The molecule has 2 aromatic rings. The van der Waals surface area contributed by atoms with E-state index < -0.39 is 0 Å². The number of hydrogen-bond donors (Lipinski definition) is 0. The quantitative estimate of drug-likeness (QED) is 0.578. The summed E-state index contributed by atoms with van der Waals surface area (Å²) in [6, 6.07) is 11.4. The summed E-state index contributed by atoms with van der Waals surface area (Å²) >= 11 is 0. The molecule has 0 saturated carbocycles. The lowest BCUT2D eigenvalue weighted by Crippen LogP contribution is -1.91. The Morgan fingerprint density at radius 1 is 0.909 bits per heavy atom. The molecule has 0 amide bonds. The van der Waals surface area contributed by atoms with Crippen molar-refractivity contribution in [2.45, 2.75) is 46.0 Å². The molecule has 22 heavy (non-hydrogen) atoms. The minimum absolute atomic E-state index is 0.128. The van der Waals surface area contributed by atoms with Crippen LogP contribution in [0.2, 0.25) is 0 Å². The molecule has 0 unspecified atom stereocenters. The molecular weight excluding hydrogens is 271 g/mol.